The molecule has 4 aromatic rings. The largest absolute Gasteiger partial charge is 0.491 e. The van der Waals surface area contributed by atoms with E-state index >= 15 is 0 Å². The van der Waals surface area contributed by atoms with Gasteiger partial charge >= 0.3 is 0 Å². The van der Waals surface area contributed by atoms with Crippen LogP contribution in [0.4, 0.5) is 5.69 Å². The van der Waals surface area contributed by atoms with Crippen LogP contribution in [0.1, 0.15) is 23.7 Å². The van der Waals surface area contributed by atoms with Crippen molar-refractivity contribution in [1.29, 1.82) is 0 Å². The summed E-state index contributed by atoms with van der Waals surface area (Å²) < 4.78 is 19.8. The summed E-state index contributed by atoms with van der Waals surface area (Å²) in [7, 11) is 0. The normalized spacial score (nSPS) is 16.8. The first-order valence-electron chi connectivity index (χ1n) is 12.7. The molecule has 0 saturated carbocycles. The van der Waals surface area contributed by atoms with Crippen molar-refractivity contribution < 1.29 is 19.0 Å². The number of rotatable bonds is 8. The van der Waals surface area contributed by atoms with E-state index in [0.717, 1.165) is 46.0 Å². The van der Waals surface area contributed by atoms with Crippen LogP contribution in [-0.2, 0) is 17.8 Å². The third-order valence-corrected chi connectivity index (χ3v) is 6.92. The summed E-state index contributed by atoms with van der Waals surface area (Å²) in [5.74, 6) is 3.23. The lowest BCUT2D eigenvalue weighted by Crippen LogP contribution is -2.25. The average Bonchev–Trinajstić information content (AvgIpc) is 3.50. The van der Waals surface area contributed by atoms with Gasteiger partial charge in [0.15, 0.2) is 11.5 Å². The number of anilines is 1. The Morgan fingerprint density at radius 2 is 1.84 bits per heavy atom. The number of carbonyl (C=O) groups excluding carboxylic acids is 1. The topological polar surface area (TPSA) is 65.8 Å². The molecular weight excluding hydrogens is 466 g/mol. The highest BCUT2D eigenvalue weighted by molar-refractivity contribution is 5.97. The molecule has 6 rings (SSSR count). The number of nitrogens with zero attached hydrogens (tertiary/aromatic N) is 3. The van der Waals surface area contributed by atoms with Gasteiger partial charge in [-0.25, -0.2) is 4.98 Å². The predicted molar refractivity (Wildman–Crippen MR) is 143 cm³/mol. The molecule has 3 aromatic carbocycles. The van der Waals surface area contributed by atoms with Crippen molar-refractivity contribution in [1.82, 2.24) is 9.55 Å². The second kappa shape index (κ2) is 10.0. The predicted octanol–water partition coefficient (Wildman–Crippen LogP) is 5.14. The highest BCUT2D eigenvalue weighted by Crippen LogP contribution is 2.38. The Morgan fingerprint density at radius 1 is 1.03 bits per heavy atom. The Balaban J connectivity index is 1.24. The average molecular weight is 496 g/mol. The van der Waals surface area contributed by atoms with Crippen LogP contribution >= 0.6 is 0 Å². The van der Waals surface area contributed by atoms with E-state index in [2.05, 4.69) is 23.3 Å². The summed E-state index contributed by atoms with van der Waals surface area (Å²) in [6, 6.07) is 21.8. The standard InChI is InChI=1S/C30H29N3O4/c1-2-7-21-8-3-6-11-26(21)35-15-14-32-25-10-5-4-9-24(25)31-30(32)22-18-29(34)33(20-22)23-12-13-27-28(19-23)37-17-16-36-27/h2-6,8-13,19,22H,1,7,14-18,20H2. The van der Waals surface area contributed by atoms with Gasteiger partial charge in [-0.05, 0) is 42.3 Å². The number of hydrogen-bond acceptors (Lipinski definition) is 5. The molecule has 1 unspecified atom stereocenters. The molecule has 2 aliphatic heterocycles. The van der Waals surface area contributed by atoms with E-state index in [1.54, 1.807) is 0 Å². The molecule has 1 amide bonds. The van der Waals surface area contributed by atoms with E-state index < -0.39 is 0 Å². The second-order valence-electron chi connectivity index (χ2n) is 9.29. The minimum Gasteiger partial charge on any atom is -0.491 e. The molecule has 1 atom stereocenters. The molecule has 188 valence electrons. The minimum atomic E-state index is -0.0267. The van der Waals surface area contributed by atoms with Crippen molar-refractivity contribution in [2.24, 2.45) is 0 Å². The van der Waals surface area contributed by atoms with Crippen molar-refractivity contribution >= 4 is 22.6 Å². The van der Waals surface area contributed by atoms with Crippen LogP contribution in [0.25, 0.3) is 11.0 Å². The van der Waals surface area contributed by atoms with E-state index in [1.807, 2.05) is 65.6 Å². The number of fused-ring (bicyclic) bond motifs is 2. The summed E-state index contributed by atoms with van der Waals surface area (Å²) >= 11 is 0. The van der Waals surface area contributed by atoms with Crippen molar-refractivity contribution in [3.8, 4) is 17.2 Å². The first-order chi connectivity index (χ1) is 18.2. The lowest BCUT2D eigenvalue weighted by molar-refractivity contribution is -0.117. The number of allylic oxidation sites excluding steroid dienone is 1. The lowest BCUT2D eigenvalue weighted by Gasteiger charge is -2.22. The van der Waals surface area contributed by atoms with E-state index in [9.17, 15) is 4.79 Å². The highest BCUT2D eigenvalue weighted by atomic mass is 16.6. The SMILES string of the molecule is C=CCc1ccccc1OCCn1c(C2CC(=O)N(c3ccc4c(c3)OCCO4)C2)nc2ccccc21. The monoisotopic (exact) mass is 495 g/mol. The van der Waals surface area contributed by atoms with Gasteiger partial charge in [0, 0.05) is 30.6 Å². The van der Waals surface area contributed by atoms with Gasteiger partial charge in [0.2, 0.25) is 5.91 Å². The van der Waals surface area contributed by atoms with Crippen LogP contribution in [0.15, 0.2) is 79.4 Å². The Bertz CT molecular complexity index is 1460. The van der Waals surface area contributed by atoms with Crippen LogP contribution < -0.4 is 19.1 Å². The molecule has 3 heterocycles. The Kier molecular flexibility index (Phi) is 6.26. The van der Waals surface area contributed by atoms with Gasteiger partial charge in [0.1, 0.15) is 31.4 Å². The maximum atomic E-state index is 13.1. The fourth-order valence-corrected chi connectivity index (χ4v) is 5.19. The van der Waals surface area contributed by atoms with Crippen LogP contribution in [0.3, 0.4) is 0 Å². The number of para-hydroxylation sites is 3. The molecule has 0 bridgehead atoms. The van der Waals surface area contributed by atoms with Crippen LogP contribution in [0.2, 0.25) is 0 Å². The molecule has 0 radical (unpaired) electrons. The minimum absolute atomic E-state index is 0.0267. The Morgan fingerprint density at radius 3 is 2.73 bits per heavy atom. The van der Waals surface area contributed by atoms with Crippen LogP contribution in [-0.4, -0.2) is 41.8 Å². The fraction of sp³-hybridized carbons (Fsp3) is 0.267. The summed E-state index contributed by atoms with van der Waals surface area (Å²) in [5, 5.41) is 0. The summed E-state index contributed by atoms with van der Waals surface area (Å²) in [6.45, 7) is 6.59. The number of aromatic nitrogens is 2. The molecule has 7 heteroatoms. The van der Waals surface area contributed by atoms with Gasteiger partial charge in [0.25, 0.3) is 0 Å². The molecule has 0 N–H and O–H groups in total. The number of carbonyl (C=O) groups is 1. The van der Waals surface area contributed by atoms with E-state index in [4.69, 9.17) is 19.2 Å². The summed E-state index contributed by atoms with van der Waals surface area (Å²) in [4.78, 5) is 19.9. The van der Waals surface area contributed by atoms with E-state index in [-0.39, 0.29) is 11.8 Å². The van der Waals surface area contributed by atoms with Gasteiger partial charge < -0.3 is 23.7 Å². The summed E-state index contributed by atoms with van der Waals surface area (Å²) in [6.07, 6.45) is 3.05. The van der Waals surface area contributed by atoms with Gasteiger partial charge in [-0.15, -0.1) is 6.58 Å². The third kappa shape index (κ3) is 4.53. The molecule has 37 heavy (non-hydrogen) atoms. The first kappa shape index (κ1) is 23.2. The fourth-order valence-electron chi connectivity index (χ4n) is 5.19. The quantitative estimate of drug-likeness (QED) is 0.317. The maximum absolute atomic E-state index is 13.1. The Hall–Kier alpha value is -4.26. The molecular formula is C30H29N3O4. The molecule has 1 fully saturated rings. The third-order valence-electron chi connectivity index (χ3n) is 6.92. The number of ether oxygens (including phenoxy) is 3. The van der Waals surface area contributed by atoms with Crippen molar-refractivity contribution in [3.63, 3.8) is 0 Å². The van der Waals surface area contributed by atoms with Crippen LogP contribution in [0.5, 0.6) is 17.2 Å². The lowest BCUT2D eigenvalue weighted by atomic mass is 10.1. The molecule has 0 spiro atoms. The molecule has 2 aliphatic rings. The van der Waals surface area contributed by atoms with E-state index in [1.165, 1.54) is 0 Å². The van der Waals surface area contributed by atoms with Crippen molar-refractivity contribution in [2.45, 2.75) is 25.3 Å². The zero-order valence-electron chi connectivity index (χ0n) is 20.6. The van der Waals surface area contributed by atoms with Crippen molar-refractivity contribution in [2.75, 3.05) is 31.3 Å². The first-order valence-corrected chi connectivity index (χ1v) is 12.7. The van der Waals surface area contributed by atoms with Gasteiger partial charge in [-0.1, -0.05) is 36.4 Å². The smallest absolute Gasteiger partial charge is 0.227 e. The molecule has 7 nitrogen and oxygen atoms in total. The van der Waals surface area contributed by atoms with Crippen LogP contribution in [0, 0.1) is 0 Å². The number of benzene rings is 3. The van der Waals surface area contributed by atoms with Gasteiger partial charge in [-0.3, -0.25) is 4.79 Å². The number of hydrogen-bond donors (Lipinski definition) is 0. The maximum Gasteiger partial charge on any atom is 0.227 e. The highest BCUT2D eigenvalue weighted by Gasteiger charge is 2.35. The number of imidazole rings is 1. The second-order valence-corrected chi connectivity index (χ2v) is 9.29. The van der Waals surface area contributed by atoms with E-state index in [0.29, 0.717) is 45.1 Å². The zero-order valence-corrected chi connectivity index (χ0v) is 20.6. The molecule has 0 aliphatic carbocycles. The number of amides is 1. The van der Waals surface area contributed by atoms with Crippen molar-refractivity contribution in [3.05, 3.63) is 90.8 Å². The van der Waals surface area contributed by atoms with Gasteiger partial charge in [0.05, 0.1) is 17.6 Å². The van der Waals surface area contributed by atoms with Gasteiger partial charge in [-0.2, -0.15) is 0 Å². The summed E-state index contributed by atoms with van der Waals surface area (Å²) in [5.41, 5.74) is 3.91. The molecule has 1 aromatic heterocycles. The zero-order chi connectivity index (χ0) is 25.2. The molecule has 1 saturated heterocycles. The Labute approximate surface area is 215 Å².